The van der Waals surface area contributed by atoms with Crippen LogP contribution in [0.2, 0.25) is 5.15 Å². The maximum atomic E-state index is 10.6. The van der Waals surface area contributed by atoms with Gasteiger partial charge in [0.2, 0.25) is 0 Å². The fourth-order valence-electron chi connectivity index (χ4n) is 1.57. The number of nitrogens with two attached hydrogens (primary N) is 1. The van der Waals surface area contributed by atoms with Crippen molar-refractivity contribution < 1.29 is 46.1 Å². The Kier molecular flexibility index (Phi) is 8.22. The summed E-state index contributed by atoms with van der Waals surface area (Å²) >= 11 is 9.12. The number of anilines is 1. The van der Waals surface area contributed by atoms with Gasteiger partial charge in [0.05, 0.1) is 5.52 Å². The van der Waals surface area contributed by atoms with Crippen molar-refractivity contribution in [3.05, 3.63) is 22.0 Å². The lowest BCUT2D eigenvalue weighted by Crippen LogP contribution is -2.21. The fourth-order valence-corrected chi connectivity index (χ4v) is 1.98. The van der Waals surface area contributed by atoms with E-state index in [9.17, 15) is 26.3 Å². The predicted molar refractivity (Wildman–Crippen MR) is 96.0 cm³/mol. The number of H-pyrrole nitrogens is 2. The van der Waals surface area contributed by atoms with Crippen molar-refractivity contribution in [1.29, 1.82) is 0 Å². The van der Waals surface area contributed by atoms with Crippen molar-refractivity contribution >= 4 is 56.5 Å². The Labute approximate surface area is 179 Å². The number of hydrogen-bond donors (Lipinski definition) is 5. The molecule has 0 aliphatic heterocycles. The van der Waals surface area contributed by atoms with Crippen molar-refractivity contribution in [2.24, 2.45) is 0 Å². The number of alkyl halides is 6. The highest BCUT2D eigenvalue weighted by Crippen LogP contribution is 2.27. The Morgan fingerprint density at radius 2 is 1.52 bits per heavy atom. The molecule has 0 aliphatic carbocycles. The number of fused-ring (bicyclic) bond motifs is 1. The van der Waals surface area contributed by atoms with Gasteiger partial charge in [-0.15, -0.1) is 0 Å². The van der Waals surface area contributed by atoms with Crippen LogP contribution in [-0.4, -0.2) is 59.4 Å². The smallest absolute Gasteiger partial charge is 0.475 e. The van der Waals surface area contributed by atoms with Gasteiger partial charge in [0.1, 0.15) is 21.0 Å². The lowest BCUT2D eigenvalue weighted by Gasteiger charge is -1.95. The van der Waals surface area contributed by atoms with E-state index in [-0.39, 0.29) is 0 Å². The maximum absolute atomic E-state index is 10.6. The molecular weight excluding hydrogens is 534 g/mol. The number of carbonyl (C=O) groups is 2. The summed E-state index contributed by atoms with van der Waals surface area (Å²) in [7, 11) is 0. The van der Waals surface area contributed by atoms with E-state index in [2.05, 4.69) is 40.8 Å². The molecule has 0 aliphatic rings. The van der Waals surface area contributed by atoms with Crippen molar-refractivity contribution in [2.45, 2.75) is 12.4 Å². The molecule has 0 atom stereocenters. The minimum Gasteiger partial charge on any atom is -0.475 e. The van der Waals surface area contributed by atoms with Crippen molar-refractivity contribution in [3.63, 3.8) is 0 Å². The van der Waals surface area contributed by atoms with Crippen molar-refractivity contribution in [1.82, 2.24) is 24.9 Å². The average Bonchev–Trinajstić information content (AvgIpc) is 3.15. The first-order valence-electron chi connectivity index (χ1n) is 7.15. The number of halogens is 8. The van der Waals surface area contributed by atoms with Gasteiger partial charge in [0, 0.05) is 6.20 Å². The highest BCUT2D eigenvalue weighted by Gasteiger charge is 2.38. The zero-order chi connectivity index (χ0) is 24.1. The average molecular weight is 542 g/mol. The molecule has 0 radical (unpaired) electrons. The minimum absolute atomic E-state index is 0.339. The van der Waals surface area contributed by atoms with Crippen LogP contribution in [0.25, 0.3) is 22.6 Å². The Hall–Kier alpha value is -3.08. The van der Waals surface area contributed by atoms with Crippen LogP contribution in [0.3, 0.4) is 0 Å². The number of pyridine rings is 1. The summed E-state index contributed by atoms with van der Waals surface area (Å²) in [6, 6.07) is 1.79. The standard InChI is InChI=1S/C9H6BrClN6.2C2HF3O2/c10-6-7(11)17-8(16-6)5-4-3(1-2-13-5)14-9(12)15-4;2*3-2(4,5)1(6)7/h1-2H,(H,16,17)(H3,12,14,15);2*(H,6,7). The molecule has 0 aromatic carbocycles. The van der Waals surface area contributed by atoms with Gasteiger partial charge in [-0.1, -0.05) is 11.6 Å². The zero-order valence-corrected chi connectivity index (χ0v) is 16.7. The Morgan fingerprint density at radius 1 is 1.03 bits per heavy atom. The number of nitrogens with zero attached hydrogens (tertiary/aromatic N) is 3. The van der Waals surface area contributed by atoms with E-state index in [1.165, 1.54) is 0 Å². The molecule has 0 unspecified atom stereocenters. The number of carboxylic acids is 2. The zero-order valence-electron chi connectivity index (χ0n) is 14.3. The van der Waals surface area contributed by atoms with E-state index >= 15 is 0 Å². The van der Waals surface area contributed by atoms with Gasteiger partial charge in [0.25, 0.3) is 0 Å². The van der Waals surface area contributed by atoms with Crippen molar-refractivity contribution in [3.8, 4) is 11.5 Å². The normalized spacial score (nSPS) is 11.2. The molecule has 0 fully saturated rings. The third-order valence-corrected chi connectivity index (χ3v) is 3.82. The van der Waals surface area contributed by atoms with Gasteiger partial charge < -0.3 is 25.9 Å². The summed E-state index contributed by atoms with van der Waals surface area (Å²) in [6.07, 6.45) is -8.51. The van der Waals surface area contributed by atoms with E-state index in [1.807, 2.05) is 0 Å². The number of aromatic nitrogens is 5. The van der Waals surface area contributed by atoms with Crippen LogP contribution in [0.1, 0.15) is 0 Å². The van der Waals surface area contributed by atoms with E-state index in [1.54, 1.807) is 12.3 Å². The highest BCUT2D eigenvalue weighted by molar-refractivity contribution is 9.10. The topological polar surface area (TPSA) is 171 Å². The summed E-state index contributed by atoms with van der Waals surface area (Å²) in [4.78, 5) is 36.2. The molecule has 0 saturated heterocycles. The number of nitrogen functional groups attached to an aromatic ring is 1. The minimum atomic E-state index is -5.08. The molecule has 18 heteroatoms. The third kappa shape index (κ3) is 7.59. The van der Waals surface area contributed by atoms with Gasteiger partial charge in [-0.2, -0.15) is 26.3 Å². The van der Waals surface area contributed by atoms with Crippen LogP contribution in [0.5, 0.6) is 0 Å². The summed E-state index contributed by atoms with van der Waals surface area (Å²) in [5.41, 5.74) is 7.67. The molecule has 0 amide bonds. The molecular formula is C13H8BrClF6N6O4. The largest absolute Gasteiger partial charge is 0.490 e. The summed E-state index contributed by atoms with van der Waals surface area (Å²) in [5, 5.41) is 14.7. The molecule has 3 rings (SSSR count). The second-order valence-electron chi connectivity index (χ2n) is 4.97. The third-order valence-electron chi connectivity index (χ3n) is 2.75. The van der Waals surface area contributed by atoms with Gasteiger partial charge in [-0.05, 0) is 22.0 Å². The Bertz CT molecular complexity index is 1040. The van der Waals surface area contributed by atoms with E-state index in [4.69, 9.17) is 37.1 Å². The molecule has 3 heterocycles. The quantitative estimate of drug-likeness (QED) is 0.291. The van der Waals surface area contributed by atoms with Crippen molar-refractivity contribution in [2.75, 3.05) is 5.73 Å². The Balaban J connectivity index is 0.000000288. The first kappa shape index (κ1) is 26.0. The maximum Gasteiger partial charge on any atom is 0.490 e. The summed E-state index contributed by atoms with van der Waals surface area (Å²) < 4.78 is 64.0. The second-order valence-corrected chi connectivity index (χ2v) is 6.10. The SMILES string of the molecule is Nc1nc2c(-c3nc(Br)c(Cl)[nH]3)nccc2[nH]1.O=C(O)C(F)(F)F.O=C(O)C(F)(F)F. The number of rotatable bonds is 1. The number of hydrogen-bond acceptors (Lipinski definition) is 6. The summed E-state index contributed by atoms with van der Waals surface area (Å²) in [5.74, 6) is -4.63. The van der Waals surface area contributed by atoms with Gasteiger partial charge in [-0.3, -0.25) is 4.98 Å². The van der Waals surface area contributed by atoms with E-state index < -0.39 is 24.3 Å². The molecule has 170 valence electrons. The number of nitrogens with one attached hydrogen (secondary N) is 2. The van der Waals surface area contributed by atoms with Crippen LogP contribution in [-0.2, 0) is 9.59 Å². The lowest BCUT2D eigenvalue weighted by molar-refractivity contribution is -0.193. The monoisotopic (exact) mass is 540 g/mol. The molecule has 10 nitrogen and oxygen atoms in total. The number of carboxylic acid groups (broad SMARTS) is 2. The molecule has 6 N–H and O–H groups in total. The van der Waals surface area contributed by atoms with Crippen LogP contribution < -0.4 is 5.73 Å². The van der Waals surface area contributed by atoms with Crippen LogP contribution in [0.15, 0.2) is 16.9 Å². The molecule has 0 bridgehead atoms. The lowest BCUT2D eigenvalue weighted by atomic mass is 10.3. The first-order valence-corrected chi connectivity index (χ1v) is 8.33. The van der Waals surface area contributed by atoms with E-state index in [0.717, 1.165) is 5.52 Å². The van der Waals surface area contributed by atoms with Crippen LogP contribution in [0, 0.1) is 0 Å². The van der Waals surface area contributed by atoms with E-state index in [0.29, 0.717) is 32.7 Å². The van der Waals surface area contributed by atoms with Crippen LogP contribution >= 0.6 is 27.5 Å². The Morgan fingerprint density at radius 3 is 1.90 bits per heavy atom. The molecule has 0 saturated carbocycles. The van der Waals surface area contributed by atoms with Gasteiger partial charge >= 0.3 is 24.3 Å². The number of imidazole rings is 2. The second kappa shape index (κ2) is 9.82. The number of aliphatic carboxylic acids is 2. The van der Waals surface area contributed by atoms with Crippen LogP contribution in [0.4, 0.5) is 32.3 Å². The van der Waals surface area contributed by atoms with Gasteiger partial charge in [0.15, 0.2) is 11.8 Å². The molecule has 0 spiro atoms. The molecule has 3 aromatic rings. The summed E-state index contributed by atoms with van der Waals surface area (Å²) in [6.45, 7) is 0. The first-order chi connectivity index (χ1) is 14.0. The molecule has 31 heavy (non-hydrogen) atoms. The predicted octanol–water partition coefficient (Wildman–Crippen LogP) is 3.61. The molecule has 3 aromatic heterocycles. The number of aromatic amines is 2. The fraction of sp³-hybridized carbons (Fsp3) is 0.154. The highest BCUT2D eigenvalue weighted by atomic mass is 79.9. The van der Waals surface area contributed by atoms with Gasteiger partial charge in [-0.25, -0.2) is 19.6 Å².